The highest BCUT2D eigenvalue weighted by molar-refractivity contribution is 6.22. The number of carbonyl (C=O) groups excluding carboxylic acids is 4. The molecule has 0 aliphatic carbocycles. The van der Waals surface area contributed by atoms with Gasteiger partial charge in [0.15, 0.2) is 11.5 Å². The van der Waals surface area contributed by atoms with Crippen molar-refractivity contribution in [3.8, 4) is 11.5 Å². The van der Waals surface area contributed by atoms with Crippen LogP contribution in [0, 0.1) is 0 Å². The zero-order valence-corrected chi connectivity index (χ0v) is 30.8. The average Bonchev–Trinajstić information content (AvgIpc) is 3.42. The lowest BCUT2D eigenvalue weighted by molar-refractivity contribution is -0.125. The van der Waals surface area contributed by atoms with E-state index in [1.54, 1.807) is 13.2 Å². The van der Waals surface area contributed by atoms with Gasteiger partial charge in [0.1, 0.15) is 0 Å². The monoisotopic (exact) mass is 708 g/mol. The van der Waals surface area contributed by atoms with Gasteiger partial charge in [-0.05, 0) is 124 Å². The number of piperidine rings is 2. The Morgan fingerprint density at radius 3 is 2.38 bits per heavy atom. The maximum Gasteiger partial charge on any atom is 0.262 e. The standard InChI is InChI=1S/C42H52N4O6/c1-4-52-38-26-30(9-14-37(38)51-3)27-46-41(49)36-7-5-6-34(40(36)42(46)50)16-21-44-22-19-35(20-23-44)45-24-17-33(18-25-45)32-12-10-31(11-13-32)29(2)8-15-39(48)43-28-47/h5-7,9-14,26,28-29,33,35H,4,8,15-25,27H2,1-3H3,(H,43,47,48). The summed E-state index contributed by atoms with van der Waals surface area (Å²) in [5.41, 5.74) is 5.42. The minimum Gasteiger partial charge on any atom is -0.493 e. The van der Waals surface area contributed by atoms with Gasteiger partial charge in [-0.25, -0.2) is 0 Å². The molecule has 6 rings (SSSR count). The fraction of sp³-hybridized carbons (Fsp3) is 0.476. The number of ether oxygens (including phenoxy) is 2. The summed E-state index contributed by atoms with van der Waals surface area (Å²) in [5, 5.41) is 2.22. The van der Waals surface area contributed by atoms with Crippen molar-refractivity contribution in [3.63, 3.8) is 0 Å². The lowest BCUT2D eigenvalue weighted by Gasteiger charge is -2.42. The Bertz CT molecular complexity index is 1730. The topological polar surface area (TPSA) is 108 Å². The number of nitrogens with one attached hydrogen (secondary N) is 1. The highest BCUT2D eigenvalue weighted by Crippen LogP contribution is 2.34. The van der Waals surface area contributed by atoms with E-state index in [0.29, 0.717) is 60.4 Å². The molecule has 52 heavy (non-hydrogen) atoms. The van der Waals surface area contributed by atoms with Crippen molar-refractivity contribution < 1.29 is 28.7 Å². The average molecular weight is 709 g/mol. The summed E-state index contributed by atoms with van der Waals surface area (Å²) in [4.78, 5) is 55.7. The van der Waals surface area contributed by atoms with Crippen molar-refractivity contribution in [1.82, 2.24) is 20.0 Å². The molecule has 3 aliphatic rings. The molecule has 2 saturated heterocycles. The van der Waals surface area contributed by atoms with Crippen LogP contribution in [-0.2, 0) is 22.6 Å². The summed E-state index contributed by atoms with van der Waals surface area (Å²) >= 11 is 0. The number of hydrogen-bond donors (Lipinski definition) is 1. The van der Waals surface area contributed by atoms with Crippen LogP contribution in [0.3, 0.4) is 0 Å². The molecule has 1 unspecified atom stereocenters. The molecule has 3 aromatic rings. The third-order valence-corrected chi connectivity index (χ3v) is 11.3. The molecule has 276 valence electrons. The van der Waals surface area contributed by atoms with E-state index in [1.807, 2.05) is 37.3 Å². The van der Waals surface area contributed by atoms with Gasteiger partial charge in [-0.3, -0.25) is 29.4 Å². The summed E-state index contributed by atoms with van der Waals surface area (Å²) in [7, 11) is 1.59. The number of imide groups is 2. The number of carbonyl (C=O) groups is 4. The van der Waals surface area contributed by atoms with Crippen LogP contribution in [0.25, 0.3) is 0 Å². The predicted octanol–water partition coefficient (Wildman–Crippen LogP) is 5.93. The minimum atomic E-state index is -0.248. The van der Waals surface area contributed by atoms with Crippen LogP contribution in [-0.4, -0.2) is 91.3 Å². The second-order valence-corrected chi connectivity index (χ2v) is 14.4. The zero-order chi connectivity index (χ0) is 36.6. The van der Waals surface area contributed by atoms with Crippen LogP contribution >= 0.6 is 0 Å². The van der Waals surface area contributed by atoms with E-state index in [1.165, 1.54) is 16.0 Å². The molecule has 1 atom stereocenters. The number of likely N-dealkylation sites (tertiary alicyclic amines) is 2. The van der Waals surface area contributed by atoms with Crippen LogP contribution in [0.2, 0.25) is 0 Å². The number of hydrogen-bond acceptors (Lipinski definition) is 8. The molecule has 3 aromatic carbocycles. The summed E-state index contributed by atoms with van der Waals surface area (Å²) in [6, 6.07) is 20.7. The summed E-state index contributed by atoms with van der Waals surface area (Å²) in [6.07, 6.45) is 6.86. The molecule has 3 aliphatic heterocycles. The van der Waals surface area contributed by atoms with Gasteiger partial charge in [0, 0.05) is 19.0 Å². The van der Waals surface area contributed by atoms with E-state index >= 15 is 0 Å². The summed E-state index contributed by atoms with van der Waals surface area (Å²) in [6.45, 7) is 9.87. The normalized spacial score (nSPS) is 17.9. The van der Waals surface area contributed by atoms with E-state index in [9.17, 15) is 19.2 Å². The Morgan fingerprint density at radius 1 is 0.942 bits per heavy atom. The fourth-order valence-electron chi connectivity index (χ4n) is 8.16. The quantitative estimate of drug-likeness (QED) is 0.153. The molecular weight excluding hydrogens is 656 g/mol. The highest BCUT2D eigenvalue weighted by atomic mass is 16.5. The Labute approximate surface area is 307 Å². The van der Waals surface area contributed by atoms with Crippen molar-refractivity contribution in [2.75, 3.05) is 46.4 Å². The maximum absolute atomic E-state index is 13.7. The Morgan fingerprint density at radius 2 is 1.69 bits per heavy atom. The molecule has 2 fully saturated rings. The second-order valence-electron chi connectivity index (χ2n) is 14.4. The largest absolute Gasteiger partial charge is 0.493 e. The first-order valence-electron chi connectivity index (χ1n) is 18.9. The molecule has 0 spiro atoms. The van der Waals surface area contributed by atoms with Crippen LogP contribution in [0.5, 0.6) is 11.5 Å². The van der Waals surface area contributed by atoms with Crippen LogP contribution in [0.15, 0.2) is 60.7 Å². The number of amides is 4. The van der Waals surface area contributed by atoms with Gasteiger partial charge in [-0.15, -0.1) is 0 Å². The van der Waals surface area contributed by atoms with Gasteiger partial charge in [0.05, 0.1) is 31.4 Å². The summed E-state index contributed by atoms with van der Waals surface area (Å²) in [5.74, 6) is 1.34. The molecule has 3 heterocycles. The molecule has 0 saturated carbocycles. The number of benzene rings is 3. The third kappa shape index (κ3) is 8.56. The number of methoxy groups -OCH3 is 1. The van der Waals surface area contributed by atoms with E-state index < -0.39 is 0 Å². The molecule has 0 aromatic heterocycles. The Balaban J connectivity index is 0.959. The molecule has 0 bridgehead atoms. The highest BCUT2D eigenvalue weighted by Gasteiger charge is 2.37. The van der Waals surface area contributed by atoms with Gasteiger partial charge in [0.25, 0.3) is 11.8 Å². The lowest BCUT2D eigenvalue weighted by atomic mass is 9.86. The van der Waals surface area contributed by atoms with Crippen molar-refractivity contribution in [2.45, 2.75) is 83.2 Å². The van der Waals surface area contributed by atoms with Gasteiger partial charge < -0.3 is 19.3 Å². The van der Waals surface area contributed by atoms with Crippen molar-refractivity contribution in [1.29, 1.82) is 0 Å². The third-order valence-electron chi connectivity index (χ3n) is 11.3. The zero-order valence-electron chi connectivity index (χ0n) is 30.8. The fourth-order valence-corrected chi connectivity index (χ4v) is 8.16. The van der Waals surface area contributed by atoms with Crippen LogP contribution in [0.4, 0.5) is 0 Å². The van der Waals surface area contributed by atoms with Crippen molar-refractivity contribution in [3.05, 3.63) is 94.0 Å². The molecule has 1 N–H and O–H groups in total. The minimum absolute atomic E-state index is 0.180. The molecule has 10 nitrogen and oxygen atoms in total. The van der Waals surface area contributed by atoms with E-state index in [4.69, 9.17) is 9.47 Å². The Hall–Kier alpha value is -4.54. The van der Waals surface area contributed by atoms with Crippen LogP contribution in [0.1, 0.15) is 107 Å². The van der Waals surface area contributed by atoms with Crippen molar-refractivity contribution in [2.24, 2.45) is 0 Å². The number of rotatable bonds is 15. The van der Waals surface area contributed by atoms with E-state index in [-0.39, 0.29) is 30.2 Å². The first kappa shape index (κ1) is 37.2. The lowest BCUT2D eigenvalue weighted by Crippen LogP contribution is -2.47. The smallest absolute Gasteiger partial charge is 0.262 e. The van der Waals surface area contributed by atoms with Gasteiger partial charge in [0.2, 0.25) is 12.3 Å². The SMILES string of the molecule is CCOc1cc(CN2C(=O)c3cccc(CCN4CCC(N5CCC(c6ccc(C(C)CCC(=O)NC=O)cc6)CC5)CC4)c3C2=O)ccc1OC. The first-order valence-corrected chi connectivity index (χ1v) is 18.9. The summed E-state index contributed by atoms with van der Waals surface area (Å²) < 4.78 is 11.1. The van der Waals surface area contributed by atoms with Gasteiger partial charge >= 0.3 is 0 Å². The second kappa shape index (κ2) is 17.3. The van der Waals surface area contributed by atoms with Gasteiger partial charge in [-0.1, -0.05) is 49.4 Å². The number of fused-ring (bicyclic) bond motifs is 1. The molecule has 0 radical (unpaired) electrons. The van der Waals surface area contributed by atoms with E-state index in [0.717, 1.165) is 76.0 Å². The first-order chi connectivity index (χ1) is 25.3. The number of nitrogens with zero attached hydrogens (tertiary/aromatic N) is 3. The maximum atomic E-state index is 13.7. The Kier molecular flexibility index (Phi) is 12.4. The molecular formula is C42H52N4O6. The van der Waals surface area contributed by atoms with E-state index in [2.05, 4.69) is 46.3 Å². The molecule has 10 heteroatoms. The molecule has 4 amide bonds. The van der Waals surface area contributed by atoms with Gasteiger partial charge in [-0.2, -0.15) is 0 Å². The van der Waals surface area contributed by atoms with Crippen molar-refractivity contribution >= 4 is 24.1 Å². The van der Waals surface area contributed by atoms with Crippen LogP contribution < -0.4 is 14.8 Å². The predicted molar refractivity (Wildman–Crippen MR) is 200 cm³/mol.